The van der Waals surface area contributed by atoms with E-state index in [0.717, 1.165) is 6.42 Å². The highest BCUT2D eigenvalue weighted by Gasteiger charge is 2.02. The van der Waals surface area contributed by atoms with Crippen molar-refractivity contribution in [3.8, 4) is 0 Å². The van der Waals surface area contributed by atoms with Gasteiger partial charge < -0.3 is 5.11 Å². The molecular formula is C6H14MgO2. The summed E-state index contributed by atoms with van der Waals surface area (Å²) in [5, 5.41) is 8.22. The predicted molar refractivity (Wildman–Crippen MR) is 40.3 cm³/mol. The van der Waals surface area contributed by atoms with Gasteiger partial charge in [0.2, 0.25) is 0 Å². The Bertz CT molecular complexity index is 83.1. The lowest BCUT2D eigenvalue weighted by molar-refractivity contribution is -0.137. The fourth-order valence-corrected chi connectivity index (χ4v) is 0.442. The Labute approximate surface area is 71.8 Å². The summed E-state index contributed by atoms with van der Waals surface area (Å²) in [5.41, 5.74) is 0. The van der Waals surface area contributed by atoms with Gasteiger partial charge >= 0.3 is 29.0 Å². The van der Waals surface area contributed by atoms with Gasteiger partial charge in [0.15, 0.2) is 0 Å². The van der Waals surface area contributed by atoms with Crippen molar-refractivity contribution in [2.45, 2.75) is 26.7 Å². The predicted octanol–water partition coefficient (Wildman–Crippen LogP) is 0.591. The molecule has 0 saturated carbocycles. The lowest BCUT2D eigenvalue weighted by Crippen LogP contribution is -2.02. The molecule has 0 aliphatic heterocycles. The molecule has 0 fully saturated rings. The Morgan fingerprint density at radius 3 is 2.22 bits per heavy atom. The number of carboxylic acid groups (broad SMARTS) is 1. The van der Waals surface area contributed by atoms with Gasteiger partial charge in [-0.25, -0.2) is 0 Å². The minimum Gasteiger partial charge on any atom is -0.481 e. The summed E-state index contributed by atoms with van der Waals surface area (Å²) in [4.78, 5) is 9.97. The van der Waals surface area contributed by atoms with Crippen molar-refractivity contribution >= 4 is 29.0 Å². The highest BCUT2D eigenvalue weighted by molar-refractivity contribution is 5.75. The average Bonchev–Trinajstić information content (AvgIpc) is 1.65. The van der Waals surface area contributed by atoms with E-state index >= 15 is 0 Å². The zero-order chi connectivity index (χ0) is 6.57. The maximum absolute atomic E-state index is 9.97. The van der Waals surface area contributed by atoms with E-state index < -0.39 is 5.97 Å². The highest BCUT2D eigenvalue weighted by Crippen LogP contribution is 2.04. The lowest BCUT2D eigenvalue weighted by Gasteiger charge is -2.00. The number of aliphatic carboxylic acids is 1. The van der Waals surface area contributed by atoms with Gasteiger partial charge in [-0.15, -0.1) is 0 Å². The number of hydrogen-bond donors (Lipinski definition) is 1. The first-order valence-corrected chi connectivity index (χ1v) is 2.88. The maximum Gasteiger partial charge on any atom is 0.316 e. The number of carbonyl (C=O) groups is 1. The molecule has 0 heterocycles. The van der Waals surface area contributed by atoms with Crippen molar-refractivity contribution in [3.05, 3.63) is 0 Å². The van der Waals surface area contributed by atoms with Crippen LogP contribution in [0, 0.1) is 5.92 Å². The summed E-state index contributed by atoms with van der Waals surface area (Å²) in [6.45, 7) is 3.93. The van der Waals surface area contributed by atoms with Gasteiger partial charge in [0.05, 0.1) is 0 Å². The minimum atomic E-state index is -0.695. The second-order valence-corrected chi connectivity index (χ2v) is 2.11. The van der Waals surface area contributed by atoms with Crippen molar-refractivity contribution in [1.29, 1.82) is 0 Å². The molecule has 0 aromatic heterocycles. The monoisotopic (exact) mass is 142 g/mol. The first-order chi connectivity index (χ1) is 3.66. The third-order valence-corrected chi connectivity index (χ3v) is 1.22. The molecule has 0 aliphatic rings. The van der Waals surface area contributed by atoms with Gasteiger partial charge in [0.25, 0.3) is 0 Å². The third-order valence-electron chi connectivity index (χ3n) is 1.22. The third kappa shape index (κ3) is 8.24. The molecule has 0 radical (unpaired) electrons. The largest absolute Gasteiger partial charge is 0.481 e. The molecule has 0 aromatic rings. The molecule has 1 unspecified atom stereocenters. The summed E-state index contributed by atoms with van der Waals surface area (Å²) >= 11 is 0. The maximum atomic E-state index is 9.97. The van der Waals surface area contributed by atoms with E-state index in [1.54, 1.807) is 0 Å². The molecule has 0 spiro atoms. The summed E-state index contributed by atoms with van der Waals surface area (Å²) in [6, 6.07) is 0. The van der Waals surface area contributed by atoms with E-state index in [0.29, 0.717) is 12.3 Å². The van der Waals surface area contributed by atoms with E-state index in [4.69, 9.17) is 5.11 Å². The van der Waals surface area contributed by atoms with Crippen molar-refractivity contribution < 1.29 is 9.90 Å². The van der Waals surface area contributed by atoms with Crippen LogP contribution < -0.4 is 0 Å². The molecule has 0 amide bonds. The molecule has 0 aliphatic carbocycles. The molecule has 0 rings (SSSR count). The van der Waals surface area contributed by atoms with Crippen LogP contribution in [0.3, 0.4) is 0 Å². The van der Waals surface area contributed by atoms with E-state index in [2.05, 4.69) is 0 Å². The molecule has 3 heteroatoms. The molecule has 1 N–H and O–H groups in total. The summed E-state index contributed by atoms with van der Waals surface area (Å²) in [6.07, 6.45) is 1.25. The molecule has 1 atom stereocenters. The van der Waals surface area contributed by atoms with E-state index in [1.165, 1.54) is 0 Å². The van der Waals surface area contributed by atoms with Crippen LogP contribution in [0.4, 0.5) is 0 Å². The quantitative estimate of drug-likeness (QED) is 0.586. The van der Waals surface area contributed by atoms with Gasteiger partial charge in [-0.05, 0) is 5.92 Å². The Hall–Kier alpha value is 0.236. The highest BCUT2D eigenvalue weighted by atomic mass is 24.3. The number of rotatable bonds is 3. The smallest absolute Gasteiger partial charge is 0.316 e. The van der Waals surface area contributed by atoms with E-state index in [-0.39, 0.29) is 23.1 Å². The molecule has 52 valence electrons. The topological polar surface area (TPSA) is 37.3 Å². The van der Waals surface area contributed by atoms with Crippen molar-refractivity contribution in [1.82, 2.24) is 0 Å². The average molecular weight is 142 g/mol. The molecular weight excluding hydrogens is 128 g/mol. The van der Waals surface area contributed by atoms with Gasteiger partial charge in [-0.3, -0.25) is 4.79 Å². The number of carboxylic acids is 1. The first-order valence-electron chi connectivity index (χ1n) is 2.88. The summed E-state index contributed by atoms with van der Waals surface area (Å²) in [7, 11) is 0. The van der Waals surface area contributed by atoms with Crippen LogP contribution in [0.1, 0.15) is 26.7 Å². The van der Waals surface area contributed by atoms with Gasteiger partial charge in [0.1, 0.15) is 0 Å². The van der Waals surface area contributed by atoms with E-state index in [1.807, 2.05) is 13.8 Å². The van der Waals surface area contributed by atoms with Crippen LogP contribution in [0.25, 0.3) is 0 Å². The second kappa shape index (κ2) is 6.36. The summed E-state index contributed by atoms with van der Waals surface area (Å²) in [5.74, 6) is -0.369. The zero-order valence-corrected chi connectivity index (χ0v) is 5.35. The fraction of sp³-hybridized carbons (Fsp3) is 0.833. The molecule has 9 heavy (non-hydrogen) atoms. The van der Waals surface area contributed by atoms with Gasteiger partial charge in [-0.2, -0.15) is 0 Å². The van der Waals surface area contributed by atoms with Crippen LogP contribution in [-0.4, -0.2) is 34.1 Å². The summed E-state index contributed by atoms with van der Waals surface area (Å²) < 4.78 is 0. The van der Waals surface area contributed by atoms with Crippen molar-refractivity contribution in [2.24, 2.45) is 5.92 Å². The second-order valence-electron chi connectivity index (χ2n) is 2.11. The van der Waals surface area contributed by atoms with E-state index in [9.17, 15) is 4.79 Å². The molecule has 0 saturated heterocycles. The fourth-order valence-electron chi connectivity index (χ4n) is 0.442. The lowest BCUT2D eigenvalue weighted by atomic mass is 10.1. The first kappa shape index (κ1) is 12.0. The van der Waals surface area contributed by atoms with Crippen LogP contribution in [0.5, 0.6) is 0 Å². The Morgan fingerprint density at radius 1 is 1.67 bits per heavy atom. The van der Waals surface area contributed by atoms with Crippen LogP contribution in [0.2, 0.25) is 0 Å². The van der Waals surface area contributed by atoms with Gasteiger partial charge in [0, 0.05) is 6.42 Å². The Balaban J connectivity index is 0. The van der Waals surface area contributed by atoms with Crippen LogP contribution in [-0.2, 0) is 4.79 Å². The molecule has 0 bridgehead atoms. The number of hydrogen-bond acceptors (Lipinski definition) is 1. The van der Waals surface area contributed by atoms with Crippen molar-refractivity contribution in [3.63, 3.8) is 0 Å². The Kier molecular flexibility index (Phi) is 8.45. The molecule has 0 aromatic carbocycles. The zero-order valence-electron chi connectivity index (χ0n) is 5.35. The molecule has 2 nitrogen and oxygen atoms in total. The van der Waals surface area contributed by atoms with Gasteiger partial charge in [-0.1, -0.05) is 20.3 Å². The Morgan fingerprint density at radius 2 is 2.11 bits per heavy atom. The van der Waals surface area contributed by atoms with Crippen molar-refractivity contribution in [2.75, 3.05) is 0 Å². The SMILES string of the molecule is CCC(C)CC(=O)O.[MgH2]. The standard InChI is InChI=1S/C6H12O2.Mg.2H/c1-3-5(2)4-6(7)8;;;/h5H,3-4H2,1-2H3,(H,7,8);;;. The normalized spacial score (nSPS) is 11.8. The van der Waals surface area contributed by atoms with Crippen LogP contribution in [0.15, 0.2) is 0 Å². The van der Waals surface area contributed by atoms with Crippen LogP contribution >= 0.6 is 0 Å². The minimum absolute atomic E-state index is 0.